The summed E-state index contributed by atoms with van der Waals surface area (Å²) in [5.74, 6) is 1.89. The highest BCUT2D eigenvalue weighted by atomic mass is 16.5. The van der Waals surface area contributed by atoms with E-state index in [4.69, 9.17) is 14.2 Å². The second-order valence-electron chi connectivity index (χ2n) is 7.08. The lowest BCUT2D eigenvalue weighted by molar-refractivity contribution is -0.128. The van der Waals surface area contributed by atoms with E-state index in [9.17, 15) is 4.79 Å². The Morgan fingerprint density at radius 2 is 1.60 bits per heavy atom. The fourth-order valence-corrected chi connectivity index (χ4v) is 3.53. The number of fused-ring (bicyclic) bond motifs is 1. The molecule has 5 nitrogen and oxygen atoms in total. The van der Waals surface area contributed by atoms with Crippen LogP contribution in [0.5, 0.6) is 17.2 Å². The maximum absolute atomic E-state index is 13.0. The van der Waals surface area contributed by atoms with Crippen LogP contribution in [0.4, 0.5) is 0 Å². The van der Waals surface area contributed by atoms with Crippen molar-refractivity contribution in [1.82, 2.24) is 5.32 Å². The third kappa shape index (κ3) is 4.67. The van der Waals surface area contributed by atoms with Crippen LogP contribution in [-0.2, 0) is 4.79 Å². The number of hydrogen-bond donors (Lipinski definition) is 1. The quantitative estimate of drug-likeness (QED) is 0.524. The predicted molar refractivity (Wildman–Crippen MR) is 119 cm³/mol. The SMILES string of the molecule is CC[C@H](Oc1cccc2ccccc12)C(=O)N[C@@H](CC)c1ccc(OC)c(OC)c1. The van der Waals surface area contributed by atoms with Crippen LogP contribution in [-0.4, -0.2) is 26.2 Å². The van der Waals surface area contributed by atoms with Gasteiger partial charge in [-0.2, -0.15) is 0 Å². The van der Waals surface area contributed by atoms with Crippen LogP contribution in [0.2, 0.25) is 0 Å². The molecule has 0 saturated carbocycles. The zero-order valence-electron chi connectivity index (χ0n) is 18.0. The number of ether oxygens (including phenoxy) is 3. The molecule has 158 valence electrons. The zero-order valence-corrected chi connectivity index (χ0v) is 18.0. The van der Waals surface area contributed by atoms with Crippen molar-refractivity contribution in [2.45, 2.75) is 38.8 Å². The number of nitrogens with one attached hydrogen (secondary N) is 1. The van der Waals surface area contributed by atoms with E-state index in [-0.39, 0.29) is 11.9 Å². The van der Waals surface area contributed by atoms with E-state index in [1.807, 2.05) is 74.5 Å². The zero-order chi connectivity index (χ0) is 21.5. The van der Waals surface area contributed by atoms with Crippen molar-refractivity contribution in [3.8, 4) is 17.2 Å². The minimum atomic E-state index is -0.579. The van der Waals surface area contributed by atoms with E-state index >= 15 is 0 Å². The Labute approximate surface area is 178 Å². The number of hydrogen-bond acceptors (Lipinski definition) is 4. The lowest BCUT2D eigenvalue weighted by Crippen LogP contribution is -2.40. The molecule has 0 bridgehead atoms. The van der Waals surface area contributed by atoms with Crippen molar-refractivity contribution < 1.29 is 19.0 Å². The summed E-state index contributed by atoms with van der Waals surface area (Å²) in [7, 11) is 3.21. The molecular formula is C25H29NO4. The molecule has 0 aliphatic heterocycles. The highest BCUT2D eigenvalue weighted by molar-refractivity contribution is 5.89. The van der Waals surface area contributed by atoms with Gasteiger partial charge in [0, 0.05) is 5.39 Å². The normalized spacial score (nSPS) is 12.8. The van der Waals surface area contributed by atoms with Gasteiger partial charge in [0.1, 0.15) is 5.75 Å². The van der Waals surface area contributed by atoms with E-state index in [0.29, 0.717) is 23.7 Å². The van der Waals surface area contributed by atoms with Crippen molar-refractivity contribution in [2.75, 3.05) is 14.2 Å². The third-order valence-corrected chi connectivity index (χ3v) is 5.22. The van der Waals surface area contributed by atoms with Crippen LogP contribution in [0.25, 0.3) is 10.8 Å². The van der Waals surface area contributed by atoms with E-state index in [1.165, 1.54) is 0 Å². The monoisotopic (exact) mass is 407 g/mol. The fraction of sp³-hybridized carbons (Fsp3) is 0.320. The van der Waals surface area contributed by atoms with Gasteiger partial charge in [0.15, 0.2) is 17.6 Å². The molecule has 5 heteroatoms. The van der Waals surface area contributed by atoms with Gasteiger partial charge < -0.3 is 19.5 Å². The van der Waals surface area contributed by atoms with Crippen molar-refractivity contribution in [3.63, 3.8) is 0 Å². The summed E-state index contributed by atoms with van der Waals surface area (Å²) in [6.07, 6.45) is 0.730. The fourth-order valence-electron chi connectivity index (χ4n) is 3.53. The Hall–Kier alpha value is -3.21. The van der Waals surface area contributed by atoms with E-state index < -0.39 is 6.10 Å². The number of benzene rings is 3. The van der Waals surface area contributed by atoms with Gasteiger partial charge in [0.05, 0.1) is 20.3 Å². The average molecular weight is 408 g/mol. The summed E-state index contributed by atoms with van der Waals surface area (Å²) in [6.45, 7) is 3.99. The summed E-state index contributed by atoms with van der Waals surface area (Å²) in [6, 6.07) is 19.4. The highest BCUT2D eigenvalue weighted by Gasteiger charge is 2.23. The molecule has 1 N–H and O–H groups in total. The van der Waals surface area contributed by atoms with Gasteiger partial charge in [0.25, 0.3) is 5.91 Å². The molecule has 0 aromatic heterocycles. The highest BCUT2D eigenvalue weighted by Crippen LogP contribution is 2.31. The van der Waals surface area contributed by atoms with Gasteiger partial charge in [-0.3, -0.25) is 4.79 Å². The Kier molecular flexibility index (Phi) is 7.17. The molecule has 1 amide bonds. The van der Waals surface area contributed by atoms with Crippen LogP contribution in [0.1, 0.15) is 38.3 Å². The first kappa shape index (κ1) is 21.5. The molecule has 0 radical (unpaired) electrons. The van der Waals surface area contributed by atoms with Crippen molar-refractivity contribution in [1.29, 1.82) is 0 Å². The molecule has 3 aromatic rings. The second-order valence-corrected chi connectivity index (χ2v) is 7.08. The molecule has 0 aliphatic rings. The van der Waals surface area contributed by atoms with Crippen LogP contribution < -0.4 is 19.5 Å². The summed E-state index contributed by atoms with van der Waals surface area (Å²) in [5, 5.41) is 5.21. The van der Waals surface area contributed by atoms with Gasteiger partial charge in [0.2, 0.25) is 0 Å². The van der Waals surface area contributed by atoms with Crippen LogP contribution in [0.3, 0.4) is 0 Å². The van der Waals surface area contributed by atoms with Gasteiger partial charge >= 0.3 is 0 Å². The summed E-state index contributed by atoms with van der Waals surface area (Å²) < 4.78 is 16.9. The van der Waals surface area contributed by atoms with Crippen LogP contribution in [0, 0.1) is 0 Å². The maximum Gasteiger partial charge on any atom is 0.261 e. The second kappa shape index (κ2) is 10.0. The Balaban J connectivity index is 1.78. The van der Waals surface area contributed by atoms with Crippen molar-refractivity contribution in [3.05, 3.63) is 66.2 Å². The molecule has 3 rings (SSSR count). The van der Waals surface area contributed by atoms with Crippen LogP contribution in [0.15, 0.2) is 60.7 Å². The number of carbonyl (C=O) groups is 1. The molecule has 0 saturated heterocycles. The molecule has 0 heterocycles. The van der Waals surface area contributed by atoms with E-state index in [1.54, 1.807) is 14.2 Å². The minimum absolute atomic E-state index is 0.132. The van der Waals surface area contributed by atoms with Gasteiger partial charge in [-0.05, 0) is 42.0 Å². The van der Waals surface area contributed by atoms with E-state index in [2.05, 4.69) is 5.32 Å². The first-order valence-corrected chi connectivity index (χ1v) is 10.3. The summed E-state index contributed by atoms with van der Waals surface area (Å²) >= 11 is 0. The van der Waals surface area contributed by atoms with E-state index in [0.717, 1.165) is 22.8 Å². The number of amides is 1. The smallest absolute Gasteiger partial charge is 0.261 e. The molecule has 30 heavy (non-hydrogen) atoms. The molecular weight excluding hydrogens is 378 g/mol. The van der Waals surface area contributed by atoms with Gasteiger partial charge in [-0.1, -0.05) is 56.3 Å². The number of methoxy groups -OCH3 is 2. The topological polar surface area (TPSA) is 56.8 Å². The third-order valence-electron chi connectivity index (χ3n) is 5.22. The number of rotatable bonds is 9. The Bertz CT molecular complexity index is 996. The minimum Gasteiger partial charge on any atom is -0.493 e. The largest absolute Gasteiger partial charge is 0.493 e. The molecule has 0 spiro atoms. The molecule has 0 fully saturated rings. The molecule has 0 unspecified atom stereocenters. The lowest BCUT2D eigenvalue weighted by Gasteiger charge is -2.23. The Morgan fingerprint density at radius 3 is 2.30 bits per heavy atom. The maximum atomic E-state index is 13.0. The molecule has 0 aliphatic carbocycles. The van der Waals surface area contributed by atoms with Gasteiger partial charge in [-0.25, -0.2) is 0 Å². The van der Waals surface area contributed by atoms with Crippen LogP contribution >= 0.6 is 0 Å². The van der Waals surface area contributed by atoms with Crippen molar-refractivity contribution >= 4 is 16.7 Å². The summed E-state index contributed by atoms with van der Waals surface area (Å²) in [5.41, 5.74) is 0.962. The summed E-state index contributed by atoms with van der Waals surface area (Å²) in [4.78, 5) is 13.0. The number of carbonyl (C=O) groups excluding carboxylic acids is 1. The lowest BCUT2D eigenvalue weighted by atomic mass is 10.0. The predicted octanol–water partition coefficient (Wildman–Crippen LogP) is 5.28. The van der Waals surface area contributed by atoms with Gasteiger partial charge in [-0.15, -0.1) is 0 Å². The first-order chi connectivity index (χ1) is 14.6. The molecule has 2 atom stereocenters. The van der Waals surface area contributed by atoms with Crippen molar-refractivity contribution in [2.24, 2.45) is 0 Å². The Morgan fingerprint density at radius 1 is 0.867 bits per heavy atom. The molecule has 3 aromatic carbocycles. The first-order valence-electron chi connectivity index (χ1n) is 10.3. The standard InChI is InChI=1S/C25H29NO4/c1-5-20(18-14-15-23(28-3)24(16-18)29-4)26-25(27)21(6-2)30-22-13-9-11-17-10-7-8-12-19(17)22/h7-16,20-21H,5-6H2,1-4H3,(H,26,27)/t20-,21-/m0/s1. The average Bonchev–Trinajstić information content (AvgIpc) is 2.80.